The molecule has 178 valence electrons. The van der Waals surface area contributed by atoms with Crippen LogP contribution in [0.25, 0.3) is 0 Å². The number of carbonyl (C=O) groups is 1. The van der Waals surface area contributed by atoms with Crippen LogP contribution >= 0.6 is 0 Å². The van der Waals surface area contributed by atoms with Gasteiger partial charge in [0.25, 0.3) is 5.78 Å². The molecule has 33 heavy (non-hydrogen) atoms. The van der Waals surface area contributed by atoms with E-state index < -0.39 is 66.4 Å². The van der Waals surface area contributed by atoms with Crippen LogP contribution in [0.2, 0.25) is 0 Å². The number of halogens is 9. The SMILES string of the molecule is N#Cc1ccc(N(CCOc2ccc(C(=O)C(F)(F)F)cc2)CC(F)(F)F)cc1C(F)(F)F. The summed E-state index contributed by atoms with van der Waals surface area (Å²) < 4.78 is 121. The van der Waals surface area contributed by atoms with E-state index >= 15 is 0 Å². The molecule has 0 spiro atoms. The molecule has 0 heterocycles. The summed E-state index contributed by atoms with van der Waals surface area (Å²) in [7, 11) is 0. The Balaban J connectivity index is 2.18. The number of hydrogen-bond donors (Lipinski definition) is 0. The molecule has 0 fully saturated rings. The summed E-state index contributed by atoms with van der Waals surface area (Å²) in [6.07, 6.45) is -14.8. The highest BCUT2D eigenvalue weighted by molar-refractivity contribution is 6.00. The molecule has 2 rings (SSSR count). The minimum atomic E-state index is -5.09. The lowest BCUT2D eigenvalue weighted by Crippen LogP contribution is -2.37. The molecule has 2 aromatic carbocycles. The van der Waals surface area contributed by atoms with Crippen molar-refractivity contribution in [1.82, 2.24) is 0 Å². The van der Waals surface area contributed by atoms with E-state index in [1.54, 1.807) is 0 Å². The first kappa shape index (κ1) is 25.8. The minimum Gasteiger partial charge on any atom is -0.492 e. The zero-order valence-electron chi connectivity index (χ0n) is 16.3. The number of Topliss-reactive ketones (excluding diaryl/α,β-unsaturated/α-hetero) is 1. The molecule has 0 radical (unpaired) electrons. The first-order valence-corrected chi connectivity index (χ1v) is 8.89. The zero-order valence-corrected chi connectivity index (χ0v) is 16.3. The second-order valence-electron chi connectivity index (χ2n) is 6.58. The number of rotatable bonds is 7. The summed E-state index contributed by atoms with van der Waals surface area (Å²) >= 11 is 0. The first-order valence-electron chi connectivity index (χ1n) is 8.89. The average Bonchev–Trinajstić information content (AvgIpc) is 2.70. The van der Waals surface area contributed by atoms with Crippen LogP contribution in [0.4, 0.5) is 45.2 Å². The second-order valence-corrected chi connectivity index (χ2v) is 6.58. The van der Waals surface area contributed by atoms with Crippen molar-refractivity contribution in [1.29, 1.82) is 5.26 Å². The van der Waals surface area contributed by atoms with Crippen LogP contribution in [0.1, 0.15) is 21.5 Å². The van der Waals surface area contributed by atoms with E-state index in [2.05, 4.69) is 0 Å². The number of nitriles is 1. The summed E-state index contributed by atoms with van der Waals surface area (Å²) in [5, 5.41) is 8.82. The van der Waals surface area contributed by atoms with Gasteiger partial charge in [0.1, 0.15) is 18.9 Å². The van der Waals surface area contributed by atoms with Crippen LogP contribution < -0.4 is 9.64 Å². The van der Waals surface area contributed by atoms with Crippen molar-refractivity contribution >= 4 is 11.5 Å². The fourth-order valence-electron chi connectivity index (χ4n) is 2.72. The van der Waals surface area contributed by atoms with Crippen LogP contribution in [0, 0.1) is 11.3 Å². The maximum absolute atomic E-state index is 13.1. The lowest BCUT2D eigenvalue weighted by molar-refractivity contribution is -0.137. The van der Waals surface area contributed by atoms with Gasteiger partial charge in [0, 0.05) is 11.3 Å². The Bertz CT molecular complexity index is 1020. The van der Waals surface area contributed by atoms with Gasteiger partial charge in [0.15, 0.2) is 0 Å². The molecule has 0 saturated carbocycles. The van der Waals surface area contributed by atoms with Crippen LogP contribution in [0.3, 0.4) is 0 Å². The number of ether oxygens (including phenoxy) is 1. The fraction of sp³-hybridized carbons (Fsp3) is 0.300. The van der Waals surface area contributed by atoms with Gasteiger partial charge in [0.05, 0.1) is 23.7 Å². The second kappa shape index (κ2) is 9.60. The van der Waals surface area contributed by atoms with Gasteiger partial charge >= 0.3 is 18.5 Å². The van der Waals surface area contributed by atoms with E-state index in [0.29, 0.717) is 11.0 Å². The maximum atomic E-state index is 13.1. The highest BCUT2D eigenvalue weighted by atomic mass is 19.4. The predicted octanol–water partition coefficient (Wildman–Crippen LogP) is 5.77. The molecule has 0 N–H and O–H groups in total. The molecular formula is C20H13F9N2O2. The molecule has 0 aliphatic heterocycles. The quantitative estimate of drug-likeness (QED) is 0.370. The van der Waals surface area contributed by atoms with Crippen molar-refractivity contribution in [2.45, 2.75) is 18.5 Å². The topological polar surface area (TPSA) is 53.3 Å². The van der Waals surface area contributed by atoms with Crippen molar-refractivity contribution in [2.24, 2.45) is 0 Å². The summed E-state index contributed by atoms with van der Waals surface area (Å²) in [5.41, 5.74) is -3.30. The standard InChI is InChI=1S/C20H13F9N2O2/c21-18(22,23)11-31(14-4-1-13(10-30)16(9-14)19(24,25)26)7-8-33-15-5-2-12(3-6-15)17(32)20(27,28)29/h1-6,9H,7-8,11H2. The number of carbonyl (C=O) groups excluding carboxylic acids is 1. The summed E-state index contributed by atoms with van der Waals surface area (Å²) in [6.45, 7) is -2.66. The molecule has 2 aromatic rings. The molecule has 0 saturated heterocycles. The molecule has 0 aliphatic rings. The third-order valence-electron chi connectivity index (χ3n) is 4.17. The summed E-state index contributed by atoms with van der Waals surface area (Å²) in [4.78, 5) is 11.7. The van der Waals surface area contributed by atoms with Crippen molar-refractivity contribution in [2.75, 3.05) is 24.6 Å². The van der Waals surface area contributed by atoms with E-state index in [4.69, 9.17) is 10.00 Å². The van der Waals surface area contributed by atoms with E-state index in [1.807, 2.05) is 0 Å². The van der Waals surface area contributed by atoms with Gasteiger partial charge in [-0.05, 0) is 42.5 Å². The lowest BCUT2D eigenvalue weighted by atomic mass is 10.1. The van der Waals surface area contributed by atoms with E-state index in [0.717, 1.165) is 36.4 Å². The number of hydrogen-bond acceptors (Lipinski definition) is 4. The van der Waals surface area contributed by atoms with Gasteiger partial charge in [-0.2, -0.15) is 44.8 Å². The minimum absolute atomic E-state index is 0.0727. The number of alkyl halides is 9. The molecule has 0 bridgehead atoms. The Morgan fingerprint density at radius 3 is 2.03 bits per heavy atom. The van der Waals surface area contributed by atoms with Crippen molar-refractivity contribution in [3.63, 3.8) is 0 Å². The Morgan fingerprint density at radius 1 is 0.939 bits per heavy atom. The number of nitrogens with zero attached hydrogens (tertiary/aromatic N) is 2. The lowest BCUT2D eigenvalue weighted by Gasteiger charge is -2.27. The Morgan fingerprint density at radius 2 is 1.55 bits per heavy atom. The number of benzene rings is 2. The molecular weight excluding hydrogens is 471 g/mol. The van der Waals surface area contributed by atoms with Crippen molar-refractivity contribution < 1.29 is 49.0 Å². The predicted molar refractivity (Wildman–Crippen MR) is 96.7 cm³/mol. The fourth-order valence-corrected chi connectivity index (χ4v) is 2.72. The number of anilines is 1. The first-order chi connectivity index (χ1) is 15.1. The Kier molecular flexibility index (Phi) is 7.51. The molecule has 4 nitrogen and oxygen atoms in total. The van der Waals surface area contributed by atoms with Gasteiger partial charge in [-0.25, -0.2) is 0 Å². The highest BCUT2D eigenvalue weighted by Crippen LogP contribution is 2.35. The van der Waals surface area contributed by atoms with Crippen LogP contribution in [0.5, 0.6) is 5.75 Å². The number of ketones is 1. The van der Waals surface area contributed by atoms with E-state index in [-0.39, 0.29) is 5.75 Å². The zero-order chi connectivity index (χ0) is 25.0. The molecule has 0 unspecified atom stereocenters. The van der Waals surface area contributed by atoms with Gasteiger partial charge in [0.2, 0.25) is 0 Å². The van der Waals surface area contributed by atoms with Crippen LogP contribution in [0.15, 0.2) is 42.5 Å². The molecule has 0 amide bonds. The molecule has 0 aromatic heterocycles. The molecule has 0 atom stereocenters. The largest absolute Gasteiger partial charge is 0.492 e. The third-order valence-corrected chi connectivity index (χ3v) is 4.17. The summed E-state index contributed by atoms with van der Waals surface area (Å²) in [5.74, 6) is -2.16. The molecule has 13 heteroatoms. The normalized spacial score (nSPS) is 12.2. The average molecular weight is 484 g/mol. The van der Waals surface area contributed by atoms with Crippen LogP contribution in [-0.4, -0.2) is 37.8 Å². The molecule has 0 aliphatic carbocycles. The van der Waals surface area contributed by atoms with Crippen molar-refractivity contribution in [3.05, 3.63) is 59.2 Å². The Labute approximate surface area is 180 Å². The van der Waals surface area contributed by atoms with E-state index in [1.165, 1.54) is 6.07 Å². The maximum Gasteiger partial charge on any atom is 0.454 e. The van der Waals surface area contributed by atoms with Crippen LogP contribution in [-0.2, 0) is 6.18 Å². The van der Waals surface area contributed by atoms with Gasteiger partial charge in [-0.3, -0.25) is 4.79 Å². The monoisotopic (exact) mass is 484 g/mol. The highest BCUT2D eigenvalue weighted by Gasteiger charge is 2.39. The Hall–Kier alpha value is -3.43. The van der Waals surface area contributed by atoms with Crippen molar-refractivity contribution in [3.8, 4) is 11.8 Å². The third kappa shape index (κ3) is 7.30. The van der Waals surface area contributed by atoms with E-state index in [9.17, 15) is 44.3 Å². The summed E-state index contributed by atoms with van der Waals surface area (Å²) in [6, 6.07) is 7.04. The van der Waals surface area contributed by atoms with Gasteiger partial charge in [-0.15, -0.1) is 0 Å². The van der Waals surface area contributed by atoms with Gasteiger partial charge < -0.3 is 9.64 Å². The smallest absolute Gasteiger partial charge is 0.454 e. The van der Waals surface area contributed by atoms with Gasteiger partial charge in [-0.1, -0.05) is 0 Å².